The number of nitrogens with one attached hydrogen (secondary N) is 2. The fourth-order valence-corrected chi connectivity index (χ4v) is 1.48. The van der Waals surface area contributed by atoms with Crippen molar-refractivity contribution < 1.29 is 4.79 Å². The number of hydrogen-bond donors (Lipinski definition) is 2. The van der Waals surface area contributed by atoms with E-state index in [1.54, 1.807) is 6.07 Å². The van der Waals surface area contributed by atoms with E-state index in [9.17, 15) is 4.79 Å². The van der Waals surface area contributed by atoms with Crippen molar-refractivity contribution >= 4 is 34.8 Å². The van der Waals surface area contributed by atoms with E-state index in [4.69, 9.17) is 28.6 Å². The zero-order chi connectivity index (χ0) is 10.7. The molecule has 1 rings (SSSR count). The van der Waals surface area contributed by atoms with E-state index >= 15 is 0 Å². The van der Waals surface area contributed by atoms with Gasteiger partial charge in [0.25, 0.3) is 5.91 Å². The van der Waals surface area contributed by atoms with Crippen molar-refractivity contribution in [2.24, 2.45) is 0 Å². The van der Waals surface area contributed by atoms with Crippen LogP contribution in [0.15, 0.2) is 18.2 Å². The minimum atomic E-state index is -0.469. The van der Waals surface area contributed by atoms with E-state index < -0.39 is 5.91 Å². The van der Waals surface area contributed by atoms with Crippen molar-refractivity contribution in [2.45, 2.75) is 0 Å². The first-order valence-electron chi connectivity index (χ1n) is 3.81. The molecule has 0 fully saturated rings. The second-order valence-corrected chi connectivity index (χ2v) is 3.49. The van der Waals surface area contributed by atoms with Gasteiger partial charge in [-0.2, -0.15) is 0 Å². The largest absolute Gasteiger partial charge is 0.354 e. The van der Waals surface area contributed by atoms with Crippen LogP contribution in [0.2, 0.25) is 10.0 Å². The van der Waals surface area contributed by atoms with E-state index in [1.165, 1.54) is 19.2 Å². The summed E-state index contributed by atoms with van der Waals surface area (Å²) >= 11 is 11.5. The molecule has 1 aromatic rings. The molecule has 14 heavy (non-hydrogen) atoms. The molecule has 0 unspecified atom stereocenters. The van der Waals surface area contributed by atoms with Crippen molar-refractivity contribution in [3.05, 3.63) is 33.8 Å². The van der Waals surface area contributed by atoms with E-state index in [2.05, 4.69) is 5.32 Å². The van der Waals surface area contributed by atoms with Gasteiger partial charge >= 0.3 is 0 Å². The van der Waals surface area contributed by atoms with E-state index in [1.807, 2.05) is 0 Å². The summed E-state index contributed by atoms with van der Waals surface area (Å²) in [6.45, 7) is 0. The Balaban J connectivity index is 3.07. The molecule has 0 aromatic heterocycles. The highest BCUT2D eigenvalue weighted by molar-refractivity contribution is 6.45. The SMILES string of the molecule is CNC(=O)C(=N)c1cc(Cl)cc(Cl)c1. The van der Waals surface area contributed by atoms with Gasteiger partial charge in [-0.1, -0.05) is 23.2 Å². The molecule has 1 amide bonds. The monoisotopic (exact) mass is 230 g/mol. The molecule has 5 heteroatoms. The van der Waals surface area contributed by atoms with Crippen LogP contribution in [0, 0.1) is 5.41 Å². The van der Waals surface area contributed by atoms with Gasteiger partial charge in [-0.3, -0.25) is 10.2 Å². The van der Waals surface area contributed by atoms with Crippen molar-refractivity contribution in [1.82, 2.24) is 5.32 Å². The average Bonchev–Trinajstić information content (AvgIpc) is 2.14. The predicted molar refractivity (Wildman–Crippen MR) is 57.4 cm³/mol. The van der Waals surface area contributed by atoms with Gasteiger partial charge in [0.15, 0.2) is 0 Å². The van der Waals surface area contributed by atoms with Crippen LogP contribution in [-0.2, 0) is 4.79 Å². The van der Waals surface area contributed by atoms with Crippen LogP contribution in [0.5, 0.6) is 0 Å². The number of hydrogen-bond acceptors (Lipinski definition) is 2. The van der Waals surface area contributed by atoms with Gasteiger partial charge in [-0.15, -0.1) is 0 Å². The second-order valence-electron chi connectivity index (χ2n) is 2.61. The molecule has 0 spiro atoms. The lowest BCUT2D eigenvalue weighted by Gasteiger charge is -2.03. The third-order valence-electron chi connectivity index (χ3n) is 1.61. The zero-order valence-corrected chi connectivity index (χ0v) is 8.91. The van der Waals surface area contributed by atoms with Crippen LogP contribution < -0.4 is 5.32 Å². The molecule has 3 nitrogen and oxygen atoms in total. The smallest absolute Gasteiger partial charge is 0.269 e. The highest BCUT2D eigenvalue weighted by Crippen LogP contribution is 2.19. The molecule has 0 saturated heterocycles. The Bertz CT molecular complexity index is 370. The van der Waals surface area contributed by atoms with Crippen LogP contribution in [-0.4, -0.2) is 18.7 Å². The quantitative estimate of drug-likeness (QED) is 0.752. The summed E-state index contributed by atoms with van der Waals surface area (Å²) in [7, 11) is 1.46. The second kappa shape index (κ2) is 4.44. The molecule has 2 N–H and O–H groups in total. The van der Waals surface area contributed by atoms with E-state index in [-0.39, 0.29) is 5.71 Å². The number of amides is 1. The van der Waals surface area contributed by atoms with Gasteiger partial charge in [0.2, 0.25) is 0 Å². The van der Waals surface area contributed by atoms with Crippen LogP contribution >= 0.6 is 23.2 Å². The minimum Gasteiger partial charge on any atom is -0.354 e. The molecule has 0 heterocycles. The lowest BCUT2D eigenvalue weighted by molar-refractivity contribution is -0.114. The van der Waals surface area contributed by atoms with Crippen LogP contribution in [0.1, 0.15) is 5.56 Å². The topological polar surface area (TPSA) is 53.0 Å². The average molecular weight is 231 g/mol. The number of halogens is 2. The third-order valence-corrected chi connectivity index (χ3v) is 2.04. The van der Waals surface area contributed by atoms with Crippen molar-refractivity contribution in [3.8, 4) is 0 Å². The molecule has 1 aromatic carbocycles. The molecule has 0 aliphatic heterocycles. The molecular formula is C9H8Cl2N2O. The molecule has 74 valence electrons. The summed E-state index contributed by atoms with van der Waals surface area (Å²) in [6, 6.07) is 4.58. The Hall–Kier alpha value is -1.06. The van der Waals surface area contributed by atoms with Gasteiger partial charge < -0.3 is 5.32 Å². The van der Waals surface area contributed by atoms with Gasteiger partial charge in [0.1, 0.15) is 5.71 Å². The maximum atomic E-state index is 11.1. The first kappa shape index (κ1) is 11.0. The molecule has 0 aliphatic rings. The van der Waals surface area contributed by atoms with Gasteiger partial charge in [0.05, 0.1) is 0 Å². The first-order chi connectivity index (χ1) is 6.54. The summed E-state index contributed by atoms with van der Waals surface area (Å²) in [6.07, 6.45) is 0. The summed E-state index contributed by atoms with van der Waals surface area (Å²) in [4.78, 5) is 11.1. The first-order valence-corrected chi connectivity index (χ1v) is 4.57. The summed E-state index contributed by atoms with van der Waals surface area (Å²) < 4.78 is 0. The van der Waals surface area contributed by atoms with E-state index in [0.717, 1.165) is 0 Å². The predicted octanol–water partition coefficient (Wildman–Crippen LogP) is 2.11. The number of likely N-dealkylation sites (N-methyl/N-ethyl adjacent to an activating group) is 1. The Morgan fingerprint density at radius 1 is 1.29 bits per heavy atom. The molecular weight excluding hydrogens is 223 g/mol. The third kappa shape index (κ3) is 2.47. The number of carbonyl (C=O) groups is 1. The maximum absolute atomic E-state index is 11.1. The van der Waals surface area contributed by atoms with Gasteiger partial charge in [0, 0.05) is 22.7 Å². The highest BCUT2D eigenvalue weighted by atomic mass is 35.5. The lowest BCUT2D eigenvalue weighted by Crippen LogP contribution is -2.27. The maximum Gasteiger partial charge on any atom is 0.269 e. The molecule has 0 atom stereocenters. The highest BCUT2D eigenvalue weighted by Gasteiger charge is 2.10. The summed E-state index contributed by atoms with van der Waals surface area (Å²) in [5.74, 6) is -0.469. The molecule has 0 saturated carbocycles. The fourth-order valence-electron chi connectivity index (χ4n) is 0.954. The zero-order valence-electron chi connectivity index (χ0n) is 7.40. The van der Waals surface area contributed by atoms with E-state index in [0.29, 0.717) is 15.6 Å². The van der Waals surface area contributed by atoms with Gasteiger partial charge in [-0.25, -0.2) is 0 Å². The Labute approximate surface area is 91.5 Å². The molecule has 0 aliphatic carbocycles. The Morgan fingerprint density at radius 3 is 2.21 bits per heavy atom. The fraction of sp³-hybridized carbons (Fsp3) is 0.111. The standard InChI is InChI=1S/C9H8Cl2N2O/c1-13-9(14)8(12)5-2-6(10)4-7(11)3-5/h2-4,12H,1H3,(H,13,14). The van der Waals surface area contributed by atoms with Crippen molar-refractivity contribution in [2.75, 3.05) is 7.05 Å². The normalized spacial score (nSPS) is 9.64. The lowest BCUT2D eigenvalue weighted by atomic mass is 10.1. The summed E-state index contributed by atoms with van der Waals surface area (Å²) in [5, 5.41) is 10.7. The van der Waals surface area contributed by atoms with Crippen LogP contribution in [0.3, 0.4) is 0 Å². The Morgan fingerprint density at radius 2 is 1.79 bits per heavy atom. The number of carbonyl (C=O) groups excluding carboxylic acids is 1. The molecule has 0 radical (unpaired) electrons. The Kier molecular flexibility index (Phi) is 3.49. The van der Waals surface area contributed by atoms with Crippen molar-refractivity contribution in [3.63, 3.8) is 0 Å². The number of benzene rings is 1. The van der Waals surface area contributed by atoms with Crippen LogP contribution in [0.4, 0.5) is 0 Å². The number of rotatable bonds is 2. The minimum absolute atomic E-state index is 0.156. The molecule has 0 bridgehead atoms. The summed E-state index contributed by atoms with van der Waals surface area (Å²) in [5.41, 5.74) is 0.249. The van der Waals surface area contributed by atoms with Gasteiger partial charge in [-0.05, 0) is 18.2 Å². The van der Waals surface area contributed by atoms with Crippen LogP contribution in [0.25, 0.3) is 0 Å². The van der Waals surface area contributed by atoms with Crippen molar-refractivity contribution in [1.29, 1.82) is 5.41 Å².